The number of aliphatic hydroxyl groups excluding tert-OH is 1. The zero-order valence-electron chi connectivity index (χ0n) is 8.63. The quantitative estimate of drug-likeness (QED) is 0.661. The van der Waals surface area contributed by atoms with Gasteiger partial charge in [0.1, 0.15) is 0 Å². The average Bonchev–Trinajstić information content (AvgIpc) is 2.42. The molecule has 0 heterocycles. The molecule has 3 unspecified atom stereocenters. The summed E-state index contributed by atoms with van der Waals surface area (Å²) in [5, 5.41) is 19.7. The van der Waals surface area contributed by atoms with E-state index in [1.54, 1.807) is 6.92 Å². The SMILES string of the molecule is CC(O)C(C)(C)C1(O)C(C)C1C. The Bertz CT molecular complexity index is 163. The molecular weight excluding hydrogens is 152 g/mol. The second-order valence-corrected chi connectivity index (χ2v) is 4.80. The molecule has 2 nitrogen and oxygen atoms in total. The van der Waals surface area contributed by atoms with Crippen LogP contribution in [0.1, 0.15) is 34.6 Å². The van der Waals surface area contributed by atoms with E-state index in [0.717, 1.165) is 0 Å². The maximum absolute atomic E-state index is 10.2. The van der Waals surface area contributed by atoms with Crippen molar-refractivity contribution in [2.24, 2.45) is 17.3 Å². The highest BCUT2D eigenvalue weighted by Gasteiger charge is 2.67. The highest BCUT2D eigenvalue weighted by molar-refractivity contribution is 5.16. The van der Waals surface area contributed by atoms with Crippen molar-refractivity contribution in [2.75, 3.05) is 0 Å². The van der Waals surface area contributed by atoms with E-state index in [1.807, 2.05) is 27.7 Å². The van der Waals surface area contributed by atoms with Gasteiger partial charge < -0.3 is 10.2 Å². The van der Waals surface area contributed by atoms with Crippen molar-refractivity contribution in [3.63, 3.8) is 0 Å². The first kappa shape index (κ1) is 10.0. The Hall–Kier alpha value is -0.0800. The minimum atomic E-state index is -0.666. The van der Waals surface area contributed by atoms with E-state index in [0.29, 0.717) is 11.8 Å². The Morgan fingerprint density at radius 2 is 1.58 bits per heavy atom. The van der Waals surface area contributed by atoms with Gasteiger partial charge in [-0.1, -0.05) is 27.7 Å². The van der Waals surface area contributed by atoms with Gasteiger partial charge in [-0.15, -0.1) is 0 Å². The third-order valence-corrected chi connectivity index (χ3v) is 4.11. The largest absolute Gasteiger partial charge is 0.393 e. The average molecular weight is 172 g/mol. The van der Waals surface area contributed by atoms with E-state index >= 15 is 0 Å². The lowest BCUT2D eigenvalue weighted by Crippen LogP contribution is -2.42. The third kappa shape index (κ3) is 0.944. The normalized spacial score (nSPS) is 44.2. The van der Waals surface area contributed by atoms with E-state index in [4.69, 9.17) is 0 Å². The van der Waals surface area contributed by atoms with Crippen molar-refractivity contribution in [3.8, 4) is 0 Å². The summed E-state index contributed by atoms with van der Waals surface area (Å²) in [5.74, 6) is 0.615. The summed E-state index contributed by atoms with van der Waals surface area (Å²) in [6, 6.07) is 0. The maximum atomic E-state index is 10.2. The van der Waals surface area contributed by atoms with Crippen LogP contribution in [0, 0.1) is 17.3 Å². The molecule has 0 amide bonds. The Kier molecular flexibility index (Phi) is 2.05. The fourth-order valence-electron chi connectivity index (χ4n) is 2.26. The van der Waals surface area contributed by atoms with Crippen LogP contribution in [0.25, 0.3) is 0 Å². The topological polar surface area (TPSA) is 40.5 Å². The Morgan fingerprint density at radius 1 is 1.25 bits per heavy atom. The molecule has 0 saturated heterocycles. The molecular formula is C10H20O2. The molecule has 1 fully saturated rings. The van der Waals surface area contributed by atoms with Gasteiger partial charge in [-0.05, 0) is 18.8 Å². The molecule has 0 bridgehead atoms. The molecule has 3 atom stereocenters. The van der Waals surface area contributed by atoms with Crippen LogP contribution in [0.5, 0.6) is 0 Å². The van der Waals surface area contributed by atoms with Crippen LogP contribution >= 0.6 is 0 Å². The van der Waals surface area contributed by atoms with Gasteiger partial charge in [0.15, 0.2) is 0 Å². The second-order valence-electron chi connectivity index (χ2n) is 4.80. The minimum absolute atomic E-state index is 0.307. The van der Waals surface area contributed by atoms with E-state index in [9.17, 15) is 10.2 Å². The zero-order chi connectivity index (χ0) is 9.73. The fraction of sp³-hybridized carbons (Fsp3) is 1.00. The van der Waals surface area contributed by atoms with E-state index in [-0.39, 0.29) is 0 Å². The molecule has 1 aliphatic rings. The van der Waals surface area contributed by atoms with Crippen molar-refractivity contribution in [3.05, 3.63) is 0 Å². The predicted molar refractivity (Wildman–Crippen MR) is 48.7 cm³/mol. The standard InChI is InChI=1S/C10H20O2/c1-6-7(2)10(6,12)9(4,5)8(3)11/h6-8,11-12H,1-5H3. The van der Waals surface area contributed by atoms with Gasteiger partial charge in [-0.3, -0.25) is 0 Å². The minimum Gasteiger partial charge on any atom is -0.393 e. The van der Waals surface area contributed by atoms with Crippen molar-refractivity contribution < 1.29 is 10.2 Å². The molecule has 12 heavy (non-hydrogen) atoms. The lowest BCUT2D eigenvalue weighted by molar-refractivity contribution is -0.0705. The van der Waals surface area contributed by atoms with E-state index in [1.165, 1.54) is 0 Å². The molecule has 72 valence electrons. The molecule has 0 aliphatic heterocycles. The van der Waals surface area contributed by atoms with Gasteiger partial charge in [0, 0.05) is 5.41 Å². The predicted octanol–water partition coefficient (Wildman–Crippen LogP) is 1.41. The van der Waals surface area contributed by atoms with Crippen molar-refractivity contribution in [1.82, 2.24) is 0 Å². The molecule has 2 N–H and O–H groups in total. The van der Waals surface area contributed by atoms with Crippen LogP contribution < -0.4 is 0 Å². The molecule has 1 saturated carbocycles. The van der Waals surface area contributed by atoms with Crippen LogP contribution in [-0.2, 0) is 0 Å². The summed E-state index contributed by atoms with van der Waals surface area (Å²) in [7, 11) is 0. The molecule has 2 heteroatoms. The van der Waals surface area contributed by atoms with Gasteiger partial charge in [0.2, 0.25) is 0 Å². The molecule has 0 aromatic carbocycles. The van der Waals surface area contributed by atoms with E-state index < -0.39 is 17.1 Å². The van der Waals surface area contributed by atoms with Crippen LogP contribution in [0.2, 0.25) is 0 Å². The maximum Gasteiger partial charge on any atom is 0.0780 e. The van der Waals surface area contributed by atoms with Crippen LogP contribution in [0.3, 0.4) is 0 Å². The summed E-state index contributed by atoms with van der Waals surface area (Å²) in [5.41, 5.74) is -1.06. The summed E-state index contributed by atoms with van der Waals surface area (Å²) >= 11 is 0. The Balaban J connectivity index is 2.84. The number of hydrogen-bond acceptors (Lipinski definition) is 2. The van der Waals surface area contributed by atoms with Crippen LogP contribution in [0.4, 0.5) is 0 Å². The van der Waals surface area contributed by atoms with Crippen molar-refractivity contribution >= 4 is 0 Å². The molecule has 1 aliphatic carbocycles. The lowest BCUT2D eigenvalue weighted by atomic mass is 9.77. The summed E-state index contributed by atoms with van der Waals surface area (Å²) in [4.78, 5) is 0. The van der Waals surface area contributed by atoms with E-state index in [2.05, 4.69) is 0 Å². The Morgan fingerprint density at radius 3 is 1.67 bits per heavy atom. The first-order valence-electron chi connectivity index (χ1n) is 4.66. The third-order valence-electron chi connectivity index (χ3n) is 4.11. The first-order valence-corrected chi connectivity index (χ1v) is 4.66. The highest BCUT2D eigenvalue weighted by atomic mass is 16.3. The van der Waals surface area contributed by atoms with Gasteiger partial charge >= 0.3 is 0 Å². The molecule has 1 rings (SSSR count). The zero-order valence-corrected chi connectivity index (χ0v) is 8.63. The van der Waals surface area contributed by atoms with Crippen LogP contribution in [-0.4, -0.2) is 21.9 Å². The lowest BCUT2D eigenvalue weighted by Gasteiger charge is -2.35. The number of hydrogen-bond donors (Lipinski definition) is 2. The molecule has 0 spiro atoms. The summed E-state index contributed by atoms with van der Waals surface area (Å²) in [6.07, 6.45) is -0.463. The van der Waals surface area contributed by atoms with Gasteiger partial charge in [-0.25, -0.2) is 0 Å². The first-order chi connectivity index (χ1) is 5.26. The smallest absolute Gasteiger partial charge is 0.0780 e. The van der Waals surface area contributed by atoms with Gasteiger partial charge in [0.25, 0.3) is 0 Å². The molecule has 0 radical (unpaired) electrons. The fourth-order valence-corrected chi connectivity index (χ4v) is 2.26. The van der Waals surface area contributed by atoms with Crippen LogP contribution in [0.15, 0.2) is 0 Å². The highest BCUT2D eigenvalue weighted by Crippen LogP contribution is 2.60. The molecule has 0 aromatic heterocycles. The summed E-state index contributed by atoms with van der Waals surface area (Å²) < 4.78 is 0. The second kappa shape index (κ2) is 2.46. The molecule has 0 aromatic rings. The monoisotopic (exact) mass is 172 g/mol. The van der Waals surface area contributed by atoms with Gasteiger partial charge in [-0.2, -0.15) is 0 Å². The van der Waals surface area contributed by atoms with Crippen molar-refractivity contribution in [2.45, 2.75) is 46.3 Å². The van der Waals surface area contributed by atoms with Crippen molar-refractivity contribution in [1.29, 1.82) is 0 Å². The number of aliphatic hydroxyl groups is 2. The Labute approximate surface area is 74.6 Å². The number of rotatable bonds is 2. The summed E-state index contributed by atoms with van der Waals surface area (Å²) in [6.45, 7) is 9.68. The van der Waals surface area contributed by atoms with Gasteiger partial charge in [0.05, 0.1) is 11.7 Å².